The quantitative estimate of drug-likeness (QED) is 0.537. The van der Waals surface area contributed by atoms with Gasteiger partial charge >= 0.3 is 0 Å². The number of nitrogens with one attached hydrogen (secondary N) is 1. The Kier molecular flexibility index (Phi) is 5.94. The van der Waals surface area contributed by atoms with Crippen molar-refractivity contribution in [3.05, 3.63) is 71.3 Å². The molecule has 1 N–H and O–H groups in total. The second-order valence-corrected chi connectivity index (χ2v) is 9.65. The number of likely N-dealkylation sites (tertiary alicyclic amines) is 1. The minimum atomic E-state index is -0.805. The second kappa shape index (κ2) is 8.91. The molecule has 6 heteroatoms. The van der Waals surface area contributed by atoms with E-state index in [0.717, 1.165) is 40.5 Å². The van der Waals surface area contributed by atoms with Gasteiger partial charge in [0.15, 0.2) is 0 Å². The lowest BCUT2D eigenvalue weighted by Crippen LogP contribution is -2.35. The Morgan fingerprint density at radius 1 is 1.15 bits per heavy atom. The molecule has 0 unspecified atom stereocenters. The number of rotatable bonds is 7. The Labute approximate surface area is 199 Å². The highest BCUT2D eigenvalue weighted by molar-refractivity contribution is 5.98. The smallest absolute Gasteiger partial charge is 0.252 e. The van der Waals surface area contributed by atoms with Crippen LogP contribution in [0.25, 0.3) is 10.8 Å². The number of ether oxygens (including phenoxy) is 2. The van der Waals surface area contributed by atoms with Gasteiger partial charge in [0.25, 0.3) is 5.91 Å². The molecule has 2 aliphatic rings. The van der Waals surface area contributed by atoms with E-state index in [1.807, 2.05) is 55.3 Å². The monoisotopic (exact) mass is 462 g/mol. The Bertz CT molecular complexity index is 1220. The number of benzene rings is 3. The van der Waals surface area contributed by atoms with Crippen LogP contribution in [0.15, 0.2) is 54.6 Å². The van der Waals surface area contributed by atoms with E-state index in [2.05, 4.69) is 17.4 Å². The first-order chi connectivity index (χ1) is 16.4. The maximum atomic E-state index is 13.7. The Morgan fingerprint density at radius 3 is 2.65 bits per heavy atom. The highest BCUT2D eigenvalue weighted by Gasteiger charge is 2.47. The zero-order valence-corrected chi connectivity index (χ0v) is 19.9. The van der Waals surface area contributed by atoms with Crippen molar-refractivity contribution in [2.24, 2.45) is 0 Å². The van der Waals surface area contributed by atoms with Crippen LogP contribution in [0, 0.1) is 6.92 Å². The van der Waals surface area contributed by atoms with Gasteiger partial charge < -0.3 is 14.8 Å². The molecule has 1 aliphatic carbocycles. The molecule has 5 nitrogen and oxygen atoms in total. The maximum absolute atomic E-state index is 13.7. The average Bonchev–Trinajstić information content (AvgIpc) is 3.54. The summed E-state index contributed by atoms with van der Waals surface area (Å²) in [5, 5.41) is 5.53. The van der Waals surface area contributed by atoms with Crippen molar-refractivity contribution in [3.8, 4) is 11.5 Å². The van der Waals surface area contributed by atoms with Gasteiger partial charge in [0.05, 0.1) is 12.6 Å². The summed E-state index contributed by atoms with van der Waals surface area (Å²) >= 11 is 0. The molecule has 3 aromatic carbocycles. The lowest BCUT2D eigenvalue weighted by molar-refractivity contribution is 0.0930. The molecule has 3 aromatic rings. The van der Waals surface area contributed by atoms with Crippen molar-refractivity contribution in [1.29, 1.82) is 0 Å². The molecule has 0 radical (unpaired) electrons. The average molecular weight is 463 g/mol. The third kappa shape index (κ3) is 4.34. The van der Waals surface area contributed by atoms with E-state index >= 15 is 0 Å². The molecule has 1 saturated carbocycles. The predicted octanol–water partition coefficient (Wildman–Crippen LogP) is 5.00. The molecule has 1 amide bonds. The zero-order valence-electron chi connectivity index (χ0n) is 19.9. The van der Waals surface area contributed by atoms with Gasteiger partial charge in [-0.15, -0.1) is 0 Å². The molecule has 0 spiro atoms. The fraction of sp³-hybridized carbons (Fsp3) is 0.393. The van der Waals surface area contributed by atoms with E-state index in [-0.39, 0.29) is 11.9 Å². The summed E-state index contributed by atoms with van der Waals surface area (Å²) in [5.74, 6) is 1.30. The normalized spacial score (nSPS) is 21.4. The summed E-state index contributed by atoms with van der Waals surface area (Å²) in [6.07, 6.45) is 1.43. The van der Waals surface area contributed by atoms with Crippen molar-refractivity contribution >= 4 is 16.7 Å². The standard InChI is InChI=1S/C28H31FN2O3/c1-18-8-9-22(34-17-21-13-20(29)16-31(21)2)14-25(18)27(32)30-28(10-11-28)26-15-23(33-3)12-19-6-4-5-7-24(19)26/h4-9,12,14-15,20-21H,10-11,13,16-17H2,1-3H3,(H,30,32)/t20-,21+/m1/s1. The summed E-state index contributed by atoms with van der Waals surface area (Å²) in [7, 11) is 3.58. The number of hydrogen-bond donors (Lipinski definition) is 1. The molecule has 5 rings (SSSR count). The molecule has 2 atom stereocenters. The molecule has 0 bridgehead atoms. The zero-order chi connectivity index (χ0) is 23.9. The van der Waals surface area contributed by atoms with Crippen LogP contribution in [0.2, 0.25) is 0 Å². The topological polar surface area (TPSA) is 50.8 Å². The van der Waals surface area contributed by atoms with E-state index < -0.39 is 11.7 Å². The minimum Gasteiger partial charge on any atom is -0.497 e. The molecule has 1 heterocycles. The van der Waals surface area contributed by atoms with Gasteiger partial charge in [0.1, 0.15) is 24.3 Å². The molecule has 0 aromatic heterocycles. The number of amides is 1. The summed E-state index contributed by atoms with van der Waals surface area (Å²) in [6.45, 7) is 2.77. The molecule has 178 valence electrons. The van der Waals surface area contributed by atoms with Gasteiger partial charge in [-0.05, 0) is 79.4 Å². The SMILES string of the molecule is COc1cc(C2(NC(=O)c3cc(OC[C@@H]4C[C@@H](F)CN4C)ccc3C)CC2)c2ccccc2c1. The minimum absolute atomic E-state index is 0.0460. The van der Waals surface area contributed by atoms with Gasteiger partial charge in [-0.1, -0.05) is 30.3 Å². The lowest BCUT2D eigenvalue weighted by Gasteiger charge is -2.22. The maximum Gasteiger partial charge on any atom is 0.252 e. The number of carbonyl (C=O) groups excluding carboxylic acids is 1. The highest BCUT2D eigenvalue weighted by Crippen LogP contribution is 2.49. The Balaban J connectivity index is 1.37. The predicted molar refractivity (Wildman–Crippen MR) is 131 cm³/mol. The van der Waals surface area contributed by atoms with Gasteiger partial charge in [-0.2, -0.15) is 0 Å². The van der Waals surface area contributed by atoms with Crippen molar-refractivity contribution in [2.75, 3.05) is 27.3 Å². The molecule has 2 fully saturated rings. The molecule has 1 aliphatic heterocycles. The van der Waals surface area contributed by atoms with Crippen molar-refractivity contribution in [2.45, 2.75) is 43.9 Å². The van der Waals surface area contributed by atoms with Gasteiger partial charge in [0, 0.05) is 18.2 Å². The number of nitrogens with zero attached hydrogens (tertiary/aromatic N) is 1. The number of likely N-dealkylation sites (N-methyl/N-ethyl adjacent to an activating group) is 1. The summed E-state index contributed by atoms with van der Waals surface area (Å²) < 4.78 is 25.2. The highest BCUT2D eigenvalue weighted by atomic mass is 19.1. The summed E-state index contributed by atoms with van der Waals surface area (Å²) in [6, 6.07) is 17.9. The fourth-order valence-corrected chi connectivity index (χ4v) is 5.00. The van der Waals surface area contributed by atoms with E-state index in [9.17, 15) is 9.18 Å². The van der Waals surface area contributed by atoms with Crippen LogP contribution < -0.4 is 14.8 Å². The van der Waals surface area contributed by atoms with Crippen LogP contribution in [-0.4, -0.2) is 50.3 Å². The van der Waals surface area contributed by atoms with Crippen LogP contribution in [0.1, 0.15) is 40.7 Å². The largest absolute Gasteiger partial charge is 0.497 e. The van der Waals surface area contributed by atoms with Gasteiger partial charge in [-0.25, -0.2) is 4.39 Å². The Morgan fingerprint density at radius 2 is 1.94 bits per heavy atom. The first-order valence-electron chi connectivity index (χ1n) is 11.9. The molecular weight excluding hydrogens is 431 g/mol. The summed E-state index contributed by atoms with van der Waals surface area (Å²) in [4.78, 5) is 15.4. The van der Waals surface area contributed by atoms with E-state index in [1.54, 1.807) is 13.2 Å². The van der Waals surface area contributed by atoms with Gasteiger partial charge in [-0.3, -0.25) is 9.69 Å². The van der Waals surface area contributed by atoms with Crippen molar-refractivity contribution in [1.82, 2.24) is 10.2 Å². The van der Waals surface area contributed by atoms with E-state index in [0.29, 0.717) is 30.9 Å². The number of hydrogen-bond acceptors (Lipinski definition) is 4. The van der Waals surface area contributed by atoms with E-state index in [1.165, 1.54) is 0 Å². The van der Waals surface area contributed by atoms with Crippen LogP contribution >= 0.6 is 0 Å². The molecule has 34 heavy (non-hydrogen) atoms. The van der Waals surface area contributed by atoms with Crippen LogP contribution in [0.3, 0.4) is 0 Å². The van der Waals surface area contributed by atoms with Crippen molar-refractivity contribution in [3.63, 3.8) is 0 Å². The number of halogens is 1. The van der Waals surface area contributed by atoms with Gasteiger partial charge in [0.2, 0.25) is 0 Å². The number of carbonyl (C=O) groups is 1. The third-order valence-electron chi connectivity index (χ3n) is 7.22. The number of aryl methyl sites for hydroxylation is 1. The lowest BCUT2D eigenvalue weighted by atomic mass is 9.95. The molecular formula is C28H31FN2O3. The van der Waals surface area contributed by atoms with E-state index in [4.69, 9.17) is 9.47 Å². The third-order valence-corrected chi connectivity index (χ3v) is 7.22. The number of methoxy groups -OCH3 is 1. The molecule has 1 saturated heterocycles. The summed E-state index contributed by atoms with van der Waals surface area (Å²) in [5.41, 5.74) is 2.17. The second-order valence-electron chi connectivity index (χ2n) is 9.65. The fourth-order valence-electron chi connectivity index (χ4n) is 5.00. The first kappa shape index (κ1) is 22.7. The van der Waals surface area contributed by atoms with Crippen LogP contribution in [0.4, 0.5) is 4.39 Å². The Hall–Kier alpha value is -3.12. The number of alkyl halides is 1. The first-order valence-corrected chi connectivity index (χ1v) is 11.9. The van der Waals surface area contributed by atoms with Crippen molar-refractivity contribution < 1.29 is 18.7 Å². The van der Waals surface area contributed by atoms with Crippen LogP contribution in [-0.2, 0) is 5.54 Å². The number of fused-ring (bicyclic) bond motifs is 1. The van der Waals surface area contributed by atoms with Crippen LogP contribution in [0.5, 0.6) is 11.5 Å².